The zero-order valence-corrected chi connectivity index (χ0v) is 14.2. The third-order valence-corrected chi connectivity index (χ3v) is 5.93. The van der Waals surface area contributed by atoms with Gasteiger partial charge in [0.2, 0.25) is 5.91 Å². The summed E-state index contributed by atoms with van der Waals surface area (Å²) in [6.07, 6.45) is 8.61. The Morgan fingerprint density at radius 2 is 2.04 bits per heavy atom. The molecule has 2 aliphatic rings. The summed E-state index contributed by atoms with van der Waals surface area (Å²) < 4.78 is 2.18. The highest BCUT2D eigenvalue weighted by Gasteiger charge is 2.29. The summed E-state index contributed by atoms with van der Waals surface area (Å²) in [7, 11) is 0. The minimum absolute atomic E-state index is 0.0341. The molecular formula is C17H20N4O2S. The minimum Gasteiger partial charge on any atom is -0.342 e. The standard InChI is InChI=1S/C17H20N4O2S/c22-16(12-4-2-1-3-5-12)20-9-6-13(7-10-20)21-17(23)15-14(18-19-21)8-11-24-15/h1-2,8,11-13H,3-7,9-10H2/t12-/m1/s1. The number of piperidine rings is 1. The number of hydrogen-bond acceptors (Lipinski definition) is 5. The van der Waals surface area contributed by atoms with Gasteiger partial charge in [0, 0.05) is 19.0 Å². The summed E-state index contributed by atoms with van der Waals surface area (Å²) >= 11 is 1.41. The van der Waals surface area contributed by atoms with Gasteiger partial charge in [-0.15, -0.1) is 16.4 Å². The quantitative estimate of drug-likeness (QED) is 0.785. The highest BCUT2D eigenvalue weighted by molar-refractivity contribution is 7.17. The van der Waals surface area contributed by atoms with Crippen LogP contribution in [0, 0.1) is 5.92 Å². The largest absolute Gasteiger partial charge is 0.342 e. The van der Waals surface area contributed by atoms with Gasteiger partial charge in [0.25, 0.3) is 5.56 Å². The first kappa shape index (κ1) is 15.5. The first-order valence-electron chi connectivity index (χ1n) is 8.50. The molecule has 0 N–H and O–H groups in total. The first-order valence-corrected chi connectivity index (χ1v) is 9.38. The van der Waals surface area contributed by atoms with Crippen LogP contribution in [0.1, 0.15) is 38.1 Å². The van der Waals surface area contributed by atoms with E-state index in [1.807, 2.05) is 16.3 Å². The van der Waals surface area contributed by atoms with Gasteiger partial charge in [0.1, 0.15) is 10.2 Å². The zero-order valence-electron chi connectivity index (χ0n) is 13.4. The second-order valence-electron chi connectivity index (χ2n) is 6.51. The molecule has 1 fully saturated rings. The van der Waals surface area contributed by atoms with E-state index in [1.54, 1.807) is 0 Å². The average molecular weight is 344 g/mol. The van der Waals surface area contributed by atoms with Crippen molar-refractivity contribution >= 4 is 27.5 Å². The van der Waals surface area contributed by atoms with Gasteiger partial charge >= 0.3 is 0 Å². The molecule has 0 saturated carbocycles. The molecule has 3 heterocycles. The molecule has 0 bridgehead atoms. The zero-order chi connectivity index (χ0) is 16.5. The van der Waals surface area contributed by atoms with E-state index >= 15 is 0 Å². The van der Waals surface area contributed by atoms with Crippen LogP contribution >= 0.6 is 11.3 Å². The summed E-state index contributed by atoms with van der Waals surface area (Å²) in [6, 6.07) is 1.85. The van der Waals surface area contributed by atoms with Gasteiger partial charge in [0.15, 0.2) is 0 Å². The summed E-state index contributed by atoms with van der Waals surface area (Å²) in [5, 5.41) is 10.1. The van der Waals surface area contributed by atoms with Crippen molar-refractivity contribution in [1.82, 2.24) is 19.9 Å². The lowest BCUT2D eigenvalue weighted by atomic mass is 9.92. The molecule has 4 rings (SSSR count). The molecule has 0 radical (unpaired) electrons. The van der Waals surface area contributed by atoms with E-state index in [0.29, 0.717) is 23.3 Å². The Labute approximate surface area is 143 Å². The molecule has 2 aromatic heterocycles. The molecular weight excluding hydrogens is 324 g/mol. The topological polar surface area (TPSA) is 68.1 Å². The van der Waals surface area contributed by atoms with Crippen LogP contribution in [0.5, 0.6) is 0 Å². The Morgan fingerprint density at radius 1 is 1.21 bits per heavy atom. The number of thiophene rings is 1. The van der Waals surface area contributed by atoms with Crippen molar-refractivity contribution < 1.29 is 4.79 Å². The number of carbonyl (C=O) groups excluding carboxylic acids is 1. The van der Waals surface area contributed by atoms with Crippen molar-refractivity contribution in [2.75, 3.05) is 13.1 Å². The smallest absolute Gasteiger partial charge is 0.287 e. The van der Waals surface area contributed by atoms with Crippen molar-refractivity contribution in [3.8, 4) is 0 Å². The van der Waals surface area contributed by atoms with Crippen molar-refractivity contribution in [3.05, 3.63) is 34.0 Å². The fraction of sp³-hybridized carbons (Fsp3) is 0.529. The van der Waals surface area contributed by atoms with E-state index in [-0.39, 0.29) is 23.4 Å². The fourth-order valence-corrected chi connectivity index (χ4v) is 4.39. The van der Waals surface area contributed by atoms with E-state index < -0.39 is 0 Å². The number of hydrogen-bond donors (Lipinski definition) is 0. The molecule has 0 unspecified atom stereocenters. The predicted octanol–water partition coefficient (Wildman–Crippen LogP) is 2.37. The maximum Gasteiger partial charge on any atom is 0.287 e. The SMILES string of the molecule is O=C([C@@H]1CC=CCC1)N1CCC(n2nnc3ccsc3c2=O)CC1. The molecule has 1 aliphatic heterocycles. The van der Waals surface area contributed by atoms with E-state index in [1.165, 1.54) is 16.0 Å². The number of likely N-dealkylation sites (tertiary alicyclic amines) is 1. The van der Waals surface area contributed by atoms with Gasteiger partial charge in [-0.25, -0.2) is 4.68 Å². The van der Waals surface area contributed by atoms with Crippen LogP contribution in [0.2, 0.25) is 0 Å². The maximum absolute atomic E-state index is 12.6. The number of aromatic nitrogens is 3. The number of amides is 1. The number of rotatable bonds is 2. The van der Waals surface area contributed by atoms with Crippen molar-refractivity contribution in [3.63, 3.8) is 0 Å². The molecule has 0 aromatic carbocycles. The lowest BCUT2D eigenvalue weighted by molar-refractivity contribution is -0.137. The molecule has 24 heavy (non-hydrogen) atoms. The molecule has 1 atom stereocenters. The second-order valence-corrected chi connectivity index (χ2v) is 7.43. The Morgan fingerprint density at radius 3 is 2.79 bits per heavy atom. The number of fused-ring (bicyclic) bond motifs is 1. The number of nitrogens with zero attached hydrogens (tertiary/aromatic N) is 4. The van der Waals surface area contributed by atoms with Gasteiger partial charge in [-0.05, 0) is 43.6 Å². The number of allylic oxidation sites excluding steroid dienone is 2. The first-order chi connectivity index (χ1) is 11.7. The number of carbonyl (C=O) groups is 1. The second kappa shape index (κ2) is 6.47. The average Bonchev–Trinajstić information content (AvgIpc) is 3.12. The predicted molar refractivity (Wildman–Crippen MR) is 93.0 cm³/mol. The normalized spacial score (nSPS) is 22.2. The van der Waals surface area contributed by atoms with Crippen LogP contribution in [0.4, 0.5) is 0 Å². The Balaban J connectivity index is 1.45. The van der Waals surface area contributed by atoms with E-state index in [2.05, 4.69) is 22.5 Å². The molecule has 2 aromatic rings. The molecule has 126 valence electrons. The third kappa shape index (κ3) is 2.77. The fourth-order valence-electron chi connectivity index (χ4n) is 3.63. The van der Waals surface area contributed by atoms with Crippen molar-refractivity contribution in [2.24, 2.45) is 5.92 Å². The minimum atomic E-state index is -0.0582. The highest BCUT2D eigenvalue weighted by atomic mass is 32.1. The van der Waals surface area contributed by atoms with Crippen molar-refractivity contribution in [1.29, 1.82) is 0 Å². The van der Waals surface area contributed by atoms with Crippen LogP contribution in [0.3, 0.4) is 0 Å². The molecule has 6 nitrogen and oxygen atoms in total. The summed E-state index contributed by atoms with van der Waals surface area (Å²) in [5.74, 6) is 0.404. The summed E-state index contributed by atoms with van der Waals surface area (Å²) in [4.78, 5) is 27.1. The Bertz CT molecular complexity index is 832. The maximum atomic E-state index is 12.6. The lowest BCUT2D eigenvalue weighted by Crippen LogP contribution is -2.44. The Kier molecular flexibility index (Phi) is 4.18. The third-order valence-electron chi connectivity index (χ3n) is 5.04. The van der Waals surface area contributed by atoms with E-state index in [4.69, 9.17) is 0 Å². The van der Waals surface area contributed by atoms with Crippen LogP contribution in [0.15, 0.2) is 28.4 Å². The molecule has 0 spiro atoms. The highest BCUT2D eigenvalue weighted by Crippen LogP contribution is 2.26. The van der Waals surface area contributed by atoms with Gasteiger partial charge < -0.3 is 4.90 Å². The monoisotopic (exact) mass is 344 g/mol. The lowest BCUT2D eigenvalue weighted by Gasteiger charge is -2.34. The van der Waals surface area contributed by atoms with Crippen LogP contribution < -0.4 is 5.56 Å². The van der Waals surface area contributed by atoms with Gasteiger partial charge in [-0.1, -0.05) is 17.4 Å². The van der Waals surface area contributed by atoms with Crippen LogP contribution in [0.25, 0.3) is 10.2 Å². The van der Waals surface area contributed by atoms with Gasteiger partial charge in [-0.2, -0.15) is 0 Å². The van der Waals surface area contributed by atoms with Crippen molar-refractivity contribution in [2.45, 2.75) is 38.1 Å². The summed E-state index contributed by atoms with van der Waals surface area (Å²) in [5.41, 5.74) is 0.608. The Hall–Kier alpha value is -2.02. The summed E-state index contributed by atoms with van der Waals surface area (Å²) in [6.45, 7) is 1.39. The van der Waals surface area contributed by atoms with Gasteiger partial charge in [-0.3, -0.25) is 9.59 Å². The van der Waals surface area contributed by atoms with Crippen LogP contribution in [-0.2, 0) is 4.79 Å². The van der Waals surface area contributed by atoms with E-state index in [0.717, 1.165) is 32.1 Å². The van der Waals surface area contributed by atoms with E-state index in [9.17, 15) is 9.59 Å². The molecule has 1 aliphatic carbocycles. The molecule has 7 heteroatoms. The molecule has 1 amide bonds. The van der Waals surface area contributed by atoms with Gasteiger partial charge in [0.05, 0.1) is 6.04 Å². The molecule has 1 saturated heterocycles. The van der Waals surface area contributed by atoms with Crippen LogP contribution in [-0.4, -0.2) is 38.9 Å².